The summed E-state index contributed by atoms with van der Waals surface area (Å²) in [6.07, 6.45) is 5.28. The Balaban J connectivity index is 1.53. The predicted octanol–water partition coefficient (Wildman–Crippen LogP) is 3.38. The smallest absolute Gasteiger partial charge is 0.355 e. The number of ether oxygens (including phenoxy) is 1. The molecule has 3 rings (SSSR count). The van der Waals surface area contributed by atoms with Crippen molar-refractivity contribution in [1.29, 1.82) is 0 Å². The normalized spacial score (nSPS) is 10.3. The van der Waals surface area contributed by atoms with Gasteiger partial charge in [-0.1, -0.05) is 36.4 Å². The van der Waals surface area contributed by atoms with Crippen LogP contribution in [0.25, 0.3) is 0 Å². The number of rotatable bonds is 6. The number of nitrogens with zero attached hydrogens (tertiary/aromatic N) is 1. The number of carbonyl (C=O) groups is 1. The van der Waals surface area contributed by atoms with Crippen LogP contribution in [-0.4, -0.2) is 15.9 Å². The van der Waals surface area contributed by atoms with Crippen molar-refractivity contribution < 1.29 is 9.53 Å². The molecule has 0 aliphatic rings. The molecule has 0 amide bonds. The topological polar surface area (TPSA) is 67.0 Å². The Morgan fingerprint density at radius 1 is 1.13 bits per heavy atom. The number of pyridine rings is 1. The Morgan fingerprint density at radius 3 is 2.74 bits per heavy atom. The van der Waals surface area contributed by atoms with Gasteiger partial charge >= 0.3 is 5.97 Å². The Bertz CT molecular complexity index is 754. The summed E-state index contributed by atoms with van der Waals surface area (Å²) in [5, 5.41) is 3.23. The van der Waals surface area contributed by atoms with Gasteiger partial charge in [0.15, 0.2) is 0 Å². The highest BCUT2D eigenvalue weighted by Gasteiger charge is 2.10. The van der Waals surface area contributed by atoms with Gasteiger partial charge < -0.3 is 15.0 Å². The van der Waals surface area contributed by atoms with E-state index in [4.69, 9.17) is 4.74 Å². The van der Waals surface area contributed by atoms with E-state index in [0.29, 0.717) is 12.2 Å². The number of hydrogen-bond acceptors (Lipinski definition) is 4. The third-order valence-corrected chi connectivity index (χ3v) is 3.34. The molecule has 5 nitrogen and oxygen atoms in total. The molecular formula is C18H17N3O2. The van der Waals surface area contributed by atoms with Gasteiger partial charge in [-0.25, -0.2) is 4.79 Å². The van der Waals surface area contributed by atoms with E-state index in [2.05, 4.69) is 15.3 Å². The monoisotopic (exact) mass is 307 g/mol. The number of H-pyrrole nitrogens is 1. The Labute approximate surface area is 134 Å². The van der Waals surface area contributed by atoms with Crippen molar-refractivity contribution in [3.8, 4) is 0 Å². The number of hydrogen-bond donors (Lipinski definition) is 2. The van der Waals surface area contributed by atoms with Crippen LogP contribution in [0.1, 0.15) is 21.6 Å². The van der Waals surface area contributed by atoms with E-state index in [-0.39, 0.29) is 12.6 Å². The van der Waals surface area contributed by atoms with Gasteiger partial charge in [0.1, 0.15) is 12.3 Å². The first-order valence-electron chi connectivity index (χ1n) is 7.33. The molecular weight excluding hydrogens is 290 g/mol. The van der Waals surface area contributed by atoms with Gasteiger partial charge in [0.05, 0.1) is 5.69 Å². The van der Waals surface area contributed by atoms with Crippen molar-refractivity contribution in [3.05, 3.63) is 83.9 Å². The van der Waals surface area contributed by atoms with Crippen molar-refractivity contribution in [2.45, 2.75) is 13.2 Å². The van der Waals surface area contributed by atoms with Gasteiger partial charge in [0.2, 0.25) is 0 Å². The van der Waals surface area contributed by atoms with E-state index in [9.17, 15) is 4.79 Å². The first-order valence-corrected chi connectivity index (χ1v) is 7.33. The van der Waals surface area contributed by atoms with E-state index in [0.717, 1.165) is 16.8 Å². The molecule has 0 unspecified atom stereocenters. The van der Waals surface area contributed by atoms with Crippen LogP contribution < -0.4 is 5.32 Å². The van der Waals surface area contributed by atoms with Crippen LogP contribution in [0, 0.1) is 0 Å². The quantitative estimate of drug-likeness (QED) is 0.685. The highest BCUT2D eigenvalue weighted by molar-refractivity contribution is 5.88. The van der Waals surface area contributed by atoms with Gasteiger partial charge in [0, 0.05) is 25.1 Å². The van der Waals surface area contributed by atoms with Crippen LogP contribution in [0.2, 0.25) is 0 Å². The molecule has 1 aromatic carbocycles. The first-order chi connectivity index (χ1) is 11.3. The minimum atomic E-state index is -0.372. The zero-order valence-corrected chi connectivity index (χ0v) is 12.5. The molecule has 0 atom stereocenters. The fraction of sp³-hybridized carbons (Fsp3) is 0.111. The number of anilines is 1. The number of aromatic amines is 1. The maximum absolute atomic E-state index is 12.0. The fourth-order valence-corrected chi connectivity index (χ4v) is 2.12. The molecule has 2 N–H and O–H groups in total. The number of nitrogens with one attached hydrogen (secondary N) is 2. The van der Waals surface area contributed by atoms with Crippen molar-refractivity contribution in [2.24, 2.45) is 0 Å². The molecule has 0 aliphatic carbocycles. The van der Waals surface area contributed by atoms with Crippen molar-refractivity contribution in [1.82, 2.24) is 9.97 Å². The number of esters is 1. The standard InChI is InChI=1S/C18H17N3O2/c22-18(23-13-14-5-2-1-3-6-14)17-9-16(12-21-17)20-11-15-7-4-8-19-10-15/h1-10,12,20-21H,11,13H2. The average Bonchev–Trinajstić information content (AvgIpc) is 3.09. The molecule has 2 heterocycles. The maximum Gasteiger partial charge on any atom is 0.355 e. The lowest BCUT2D eigenvalue weighted by Gasteiger charge is -2.03. The molecule has 0 saturated heterocycles. The Morgan fingerprint density at radius 2 is 1.96 bits per heavy atom. The van der Waals surface area contributed by atoms with Gasteiger partial charge in [-0.15, -0.1) is 0 Å². The van der Waals surface area contributed by atoms with Crippen LogP contribution in [-0.2, 0) is 17.9 Å². The van der Waals surface area contributed by atoms with Gasteiger partial charge in [0.25, 0.3) is 0 Å². The number of carbonyl (C=O) groups excluding carboxylic acids is 1. The number of aromatic nitrogens is 2. The molecule has 0 aliphatic heterocycles. The SMILES string of the molecule is O=C(OCc1ccccc1)c1cc(NCc2cccnc2)c[nH]1. The van der Waals surface area contributed by atoms with E-state index in [1.807, 2.05) is 42.5 Å². The minimum absolute atomic E-state index is 0.261. The van der Waals surface area contributed by atoms with E-state index >= 15 is 0 Å². The van der Waals surface area contributed by atoms with Crippen LogP contribution >= 0.6 is 0 Å². The third-order valence-electron chi connectivity index (χ3n) is 3.34. The van der Waals surface area contributed by atoms with E-state index < -0.39 is 0 Å². The second kappa shape index (κ2) is 7.26. The van der Waals surface area contributed by atoms with Gasteiger partial charge in [-0.05, 0) is 23.3 Å². The summed E-state index contributed by atoms with van der Waals surface area (Å²) in [5.41, 5.74) is 3.29. The summed E-state index contributed by atoms with van der Waals surface area (Å²) in [4.78, 5) is 19.0. The summed E-state index contributed by atoms with van der Waals surface area (Å²) in [6, 6.07) is 15.2. The summed E-state index contributed by atoms with van der Waals surface area (Å²) < 4.78 is 5.28. The largest absolute Gasteiger partial charge is 0.456 e. The van der Waals surface area contributed by atoms with Crippen LogP contribution in [0.15, 0.2) is 67.1 Å². The van der Waals surface area contributed by atoms with Crippen LogP contribution in [0.5, 0.6) is 0 Å². The molecule has 0 radical (unpaired) electrons. The molecule has 5 heteroatoms. The second-order valence-electron chi connectivity index (χ2n) is 5.08. The lowest BCUT2D eigenvalue weighted by molar-refractivity contribution is 0.0466. The molecule has 2 aromatic heterocycles. The third kappa shape index (κ3) is 4.20. The molecule has 116 valence electrons. The lowest BCUT2D eigenvalue weighted by atomic mass is 10.2. The number of benzene rings is 1. The van der Waals surface area contributed by atoms with Crippen molar-refractivity contribution in [3.63, 3.8) is 0 Å². The summed E-state index contributed by atoms with van der Waals surface area (Å²) >= 11 is 0. The van der Waals surface area contributed by atoms with E-state index in [1.165, 1.54) is 0 Å². The lowest BCUT2D eigenvalue weighted by Crippen LogP contribution is -2.05. The first kappa shape index (κ1) is 14.8. The minimum Gasteiger partial charge on any atom is -0.456 e. The highest BCUT2D eigenvalue weighted by Crippen LogP contribution is 2.13. The highest BCUT2D eigenvalue weighted by atomic mass is 16.5. The van der Waals surface area contributed by atoms with E-state index in [1.54, 1.807) is 24.7 Å². The summed E-state index contributed by atoms with van der Waals surface area (Å²) in [5.74, 6) is -0.372. The molecule has 0 bridgehead atoms. The molecule has 0 fully saturated rings. The molecule has 0 saturated carbocycles. The predicted molar refractivity (Wildman–Crippen MR) is 87.9 cm³/mol. The molecule has 0 spiro atoms. The fourth-order valence-electron chi connectivity index (χ4n) is 2.12. The molecule has 23 heavy (non-hydrogen) atoms. The summed E-state index contributed by atoms with van der Waals surface area (Å²) in [6.45, 7) is 0.904. The zero-order chi connectivity index (χ0) is 15.9. The van der Waals surface area contributed by atoms with Gasteiger partial charge in [-0.3, -0.25) is 4.98 Å². The Kier molecular flexibility index (Phi) is 4.69. The van der Waals surface area contributed by atoms with Gasteiger partial charge in [-0.2, -0.15) is 0 Å². The van der Waals surface area contributed by atoms with Crippen LogP contribution in [0.4, 0.5) is 5.69 Å². The maximum atomic E-state index is 12.0. The summed E-state index contributed by atoms with van der Waals surface area (Å²) in [7, 11) is 0. The second-order valence-corrected chi connectivity index (χ2v) is 5.08. The Hall–Kier alpha value is -3.08. The van der Waals surface area contributed by atoms with Crippen molar-refractivity contribution >= 4 is 11.7 Å². The molecule has 3 aromatic rings. The van der Waals surface area contributed by atoms with Crippen LogP contribution in [0.3, 0.4) is 0 Å². The zero-order valence-electron chi connectivity index (χ0n) is 12.5. The average molecular weight is 307 g/mol. The van der Waals surface area contributed by atoms with Crippen molar-refractivity contribution in [2.75, 3.05) is 5.32 Å².